The maximum Gasteiger partial charge on any atom is 0.300 e. The van der Waals surface area contributed by atoms with Crippen LogP contribution in [0, 0.1) is 11.8 Å². The summed E-state index contributed by atoms with van der Waals surface area (Å²) in [6, 6.07) is 9.46. The molecular formula is C27H26Cl2N2O3. The number of anilines is 1. The summed E-state index contributed by atoms with van der Waals surface area (Å²) in [5.74, 6) is 6.11. The van der Waals surface area contributed by atoms with E-state index in [0.29, 0.717) is 33.8 Å². The quantitative estimate of drug-likeness (QED) is 0.485. The molecule has 0 saturated heterocycles. The Morgan fingerprint density at radius 1 is 1.12 bits per heavy atom. The standard InChI is InChI=1S/C27H26Cl2N2O3/c1-4-7-23(32)31-20-9-6-5-8-19(20)27-18-11-10-17(14-16(18)12-13-30-27)24-25(28)21(33-2)15-22(34-3)26(24)29/h5-6,8-9,15,17H,10-14H2,1-3H3,(H,31,32). The van der Waals surface area contributed by atoms with Gasteiger partial charge in [-0.25, -0.2) is 0 Å². The van der Waals surface area contributed by atoms with Crippen molar-refractivity contribution in [2.45, 2.75) is 38.5 Å². The number of methoxy groups -OCH3 is 2. The molecule has 176 valence electrons. The van der Waals surface area contributed by atoms with Crippen LogP contribution < -0.4 is 14.8 Å². The lowest BCUT2D eigenvalue weighted by atomic mass is 9.75. The Kier molecular flexibility index (Phi) is 7.50. The molecule has 5 nitrogen and oxygen atoms in total. The first-order valence-electron chi connectivity index (χ1n) is 11.2. The summed E-state index contributed by atoms with van der Waals surface area (Å²) in [5, 5.41) is 3.98. The highest BCUT2D eigenvalue weighted by Crippen LogP contribution is 2.49. The molecule has 0 bridgehead atoms. The lowest BCUT2D eigenvalue weighted by molar-refractivity contribution is -0.111. The molecule has 1 aliphatic heterocycles. The van der Waals surface area contributed by atoms with Crippen LogP contribution in [0.15, 0.2) is 46.5 Å². The van der Waals surface area contributed by atoms with Gasteiger partial charge in [0.05, 0.1) is 35.7 Å². The van der Waals surface area contributed by atoms with Crippen LogP contribution in [-0.4, -0.2) is 32.4 Å². The van der Waals surface area contributed by atoms with E-state index in [2.05, 4.69) is 17.2 Å². The molecule has 1 amide bonds. The third-order valence-corrected chi connectivity index (χ3v) is 7.10. The Morgan fingerprint density at radius 3 is 2.50 bits per heavy atom. The SMILES string of the molecule is CC#CC(=O)Nc1ccccc1C1=NCCC2=C1CCC(c1c(Cl)c(OC)cc(OC)c1Cl)C2. The van der Waals surface area contributed by atoms with Crippen LogP contribution in [0.2, 0.25) is 10.0 Å². The normalized spacial score (nSPS) is 17.2. The third-order valence-electron chi connectivity index (χ3n) is 6.32. The molecule has 7 heteroatoms. The fourth-order valence-corrected chi connectivity index (χ4v) is 5.59. The molecule has 0 saturated carbocycles. The van der Waals surface area contributed by atoms with Crippen molar-refractivity contribution in [3.05, 3.63) is 62.7 Å². The molecule has 34 heavy (non-hydrogen) atoms. The van der Waals surface area contributed by atoms with Crippen LogP contribution in [0.5, 0.6) is 11.5 Å². The van der Waals surface area contributed by atoms with Gasteiger partial charge in [0.2, 0.25) is 0 Å². The first-order valence-corrected chi connectivity index (χ1v) is 11.9. The molecule has 0 aromatic heterocycles. The van der Waals surface area contributed by atoms with Crippen molar-refractivity contribution >= 4 is 40.5 Å². The van der Waals surface area contributed by atoms with Gasteiger partial charge >= 0.3 is 0 Å². The van der Waals surface area contributed by atoms with Gasteiger partial charge in [-0.05, 0) is 56.1 Å². The number of carbonyl (C=O) groups excluding carboxylic acids is 1. The first kappa shape index (κ1) is 24.2. The van der Waals surface area contributed by atoms with Gasteiger partial charge in [-0.15, -0.1) is 0 Å². The van der Waals surface area contributed by atoms with Crippen molar-refractivity contribution in [2.24, 2.45) is 4.99 Å². The minimum Gasteiger partial charge on any atom is -0.495 e. The molecule has 0 fully saturated rings. The number of hydrogen-bond acceptors (Lipinski definition) is 4. The van der Waals surface area contributed by atoms with Gasteiger partial charge in [0, 0.05) is 23.7 Å². The molecular weight excluding hydrogens is 471 g/mol. The number of nitrogens with one attached hydrogen (secondary N) is 1. The van der Waals surface area contributed by atoms with E-state index in [-0.39, 0.29) is 11.8 Å². The summed E-state index contributed by atoms with van der Waals surface area (Å²) in [6.07, 6.45) is 3.42. The van der Waals surface area contributed by atoms with Gasteiger partial charge in [-0.2, -0.15) is 0 Å². The molecule has 2 aromatic carbocycles. The number of allylic oxidation sites excluding steroid dienone is 1. The minimum atomic E-state index is -0.333. The predicted octanol–water partition coefficient (Wildman–Crippen LogP) is 6.43. The van der Waals surface area contributed by atoms with Crippen molar-refractivity contribution in [2.75, 3.05) is 26.1 Å². The monoisotopic (exact) mass is 496 g/mol. The third kappa shape index (κ3) is 4.66. The Morgan fingerprint density at radius 2 is 1.82 bits per heavy atom. The van der Waals surface area contributed by atoms with Gasteiger partial charge in [0.15, 0.2) is 0 Å². The van der Waals surface area contributed by atoms with Gasteiger partial charge in [-0.1, -0.05) is 52.9 Å². The number of aliphatic imine (C=N–C) groups is 1. The smallest absolute Gasteiger partial charge is 0.300 e. The van der Waals surface area contributed by atoms with E-state index in [1.807, 2.05) is 24.3 Å². The lowest BCUT2D eigenvalue weighted by Gasteiger charge is -2.32. The van der Waals surface area contributed by atoms with E-state index in [4.69, 9.17) is 37.7 Å². The average Bonchev–Trinajstić information content (AvgIpc) is 2.84. The summed E-state index contributed by atoms with van der Waals surface area (Å²) < 4.78 is 10.9. The highest BCUT2D eigenvalue weighted by atomic mass is 35.5. The zero-order chi connectivity index (χ0) is 24.2. The molecule has 1 unspecified atom stereocenters. The van der Waals surface area contributed by atoms with E-state index in [9.17, 15) is 4.79 Å². The molecule has 2 aliphatic rings. The van der Waals surface area contributed by atoms with Crippen LogP contribution in [0.4, 0.5) is 5.69 Å². The van der Waals surface area contributed by atoms with Crippen molar-refractivity contribution in [3.8, 4) is 23.3 Å². The zero-order valence-electron chi connectivity index (χ0n) is 19.4. The molecule has 1 heterocycles. The molecule has 0 spiro atoms. The number of ether oxygens (including phenoxy) is 2. The zero-order valence-corrected chi connectivity index (χ0v) is 20.9. The minimum absolute atomic E-state index is 0.150. The van der Waals surface area contributed by atoms with Crippen LogP contribution in [0.3, 0.4) is 0 Å². The molecule has 4 rings (SSSR count). The van der Waals surface area contributed by atoms with Gasteiger partial charge in [0.25, 0.3) is 5.91 Å². The second kappa shape index (κ2) is 10.5. The highest BCUT2D eigenvalue weighted by Gasteiger charge is 2.32. The second-order valence-corrected chi connectivity index (χ2v) is 8.96. The average molecular weight is 497 g/mol. The number of para-hydroxylation sites is 1. The summed E-state index contributed by atoms with van der Waals surface area (Å²) in [6.45, 7) is 2.34. The Hall–Kier alpha value is -2.94. The number of hydrogen-bond donors (Lipinski definition) is 1. The lowest BCUT2D eigenvalue weighted by Crippen LogP contribution is -2.22. The Labute approximate surface area is 210 Å². The number of amides is 1. The molecule has 2 aromatic rings. The van der Waals surface area contributed by atoms with Crippen LogP contribution >= 0.6 is 23.2 Å². The number of benzene rings is 2. The topological polar surface area (TPSA) is 59.9 Å². The summed E-state index contributed by atoms with van der Waals surface area (Å²) in [7, 11) is 3.18. The largest absolute Gasteiger partial charge is 0.495 e. The van der Waals surface area contributed by atoms with Crippen LogP contribution in [0.25, 0.3) is 0 Å². The maximum absolute atomic E-state index is 12.1. The van der Waals surface area contributed by atoms with E-state index < -0.39 is 0 Å². The van der Waals surface area contributed by atoms with Crippen molar-refractivity contribution < 1.29 is 14.3 Å². The number of halogens is 2. The van der Waals surface area contributed by atoms with E-state index in [1.165, 1.54) is 11.1 Å². The van der Waals surface area contributed by atoms with Crippen LogP contribution in [-0.2, 0) is 4.79 Å². The number of rotatable bonds is 5. The fraction of sp³-hybridized carbons (Fsp3) is 0.333. The second-order valence-electron chi connectivity index (χ2n) is 8.20. The maximum atomic E-state index is 12.1. The predicted molar refractivity (Wildman–Crippen MR) is 138 cm³/mol. The number of nitrogens with zero attached hydrogens (tertiary/aromatic N) is 1. The number of carbonyl (C=O) groups is 1. The van der Waals surface area contributed by atoms with Crippen LogP contribution in [0.1, 0.15) is 49.7 Å². The highest BCUT2D eigenvalue weighted by molar-refractivity contribution is 6.38. The molecule has 1 N–H and O–H groups in total. The van der Waals surface area contributed by atoms with Gasteiger partial charge in [-0.3, -0.25) is 9.79 Å². The van der Waals surface area contributed by atoms with Crippen molar-refractivity contribution in [1.82, 2.24) is 0 Å². The summed E-state index contributed by atoms with van der Waals surface area (Å²) in [5.41, 5.74) is 6.05. The van der Waals surface area contributed by atoms with Crippen molar-refractivity contribution in [3.63, 3.8) is 0 Å². The Balaban J connectivity index is 1.69. The summed E-state index contributed by atoms with van der Waals surface area (Å²) >= 11 is 13.4. The Bertz CT molecular complexity index is 1230. The van der Waals surface area contributed by atoms with Gasteiger partial charge < -0.3 is 14.8 Å². The summed E-state index contributed by atoms with van der Waals surface area (Å²) in [4.78, 5) is 17.0. The van der Waals surface area contributed by atoms with Crippen molar-refractivity contribution in [1.29, 1.82) is 0 Å². The fourth-order valence-electron chi connectivity index (χ4n) is 4.78. The van der Waals surface area contributed by atoms with E-state index in [0.717, 1.165) is 42.5 Å². The molecule has 1 aliphatic carbocycles. The molecule has 0 radical (unpaired) electrons. The molecule has 1 atom stereocenters. The number of dihydropyridines is 1. The van der Waals surface area contributed by atoms with E-state index in [1.54, 1.807) is 27.2 Å². The van der Waals surface area contributed by atoms with E-state index >= 15 is 0 Å². The first-order chi connectivity index (χ1) is 16.5. The van der Waals surface area contributed by atoms with Gasteiger partial charge in [0.1, 0.15) is 11.5 Å².